The number of nitrogens with two attached hydrogens (primary N) is 3. The molecule has 3 heterocycles. The van der Waals surface area contributed by atoms with Gasteiger partial charge in [-0.05, 0) is 152 Å². The van der Waals surface area contributed by atoms with Gasteiger partial charge in [-0.3, -0.25) is 81.5 Å². The summed E-state index contributed by atoms with van der Waals surface area (Å²) in [5.41, 5.74) is 21.6. The molecule has 41 heteroatoms. The molecule has 21 N–H and O–H groups in total. The third kappa shape index (κ3) is 42.0. The highest BCUT2D eigenvalue weighted by Crippen LogP contribution is 2.33. The standard InChI is InChI=1S/C39H62N6O8.C38H64N6O7.C32H56N6O8/c1-7-8-14-31-28(20-26-17-15-24(4)16-18-26)39(52)45(6)30(19-23(2)3)36(49)44-34(27-12-10-9-11-13-27)38(51)42-29(21-40)35(48)43-33(25(5)46)37(50)41-22-32(47)53-31;1-8-10-11-12-13-32-28(21-27-16-14-25(5)15-17-27)38(50)44(7)31(20-24(3)4)36(48)43-33(26(6)9-2)37(49)41-29(22-39)35(47)42-30(23-45)34(46)40-18-19-51-32;1-6-8-9-13-16-24-19(3)32(45)38(5)23(7-2)29(42)37-27(21-14-11-10-12-15-21)31(44)35-22(17-33)28(41)36-26(20(4)39)30(43)34-18-25(40)46-24/h15-18,23,25,27-31,33-34,46H,7-14,19-22,40H2,1-6H3,(H,41,50)(H,42,51)(H,43,48)(H,44,49);14-17,24,26,28-33,45H,8-13,18-23,39H2,1-7H3,(H,40,46)(H,41,49)(H,42,47)(H,43,48);19-24,26-27,39H,6-18,33H2,1-5H3,(H,34,43)(H,35,44)(H,36,41)(H,37,42)/t25-,28+,29-,30-,31+,33-,34-;26-,28-,29+,30+,31+,32-,33+;19-,20+,22+,23+,24-,26+,27+/m011/s1. The second-order valence-electron chi connectivity index (χ2n) is 42.2. The third-order valence-electron chi connectivity index (χ3n) is 29.1. The molecular weight excluding hydrogens is 1930 g/mol. The Balaban J connectivity index is 0.000000396. The van der Waals surface area contributed by atoms with Crippen molar-refractivity contribution < 1.29 is 111 Å². The first-order chi connectivity index (χ1) is 71.3. The van der Waals surface area contributed by atoms with Crippen molar-refractivity contribution in [2.75, 3.05) is 73.6 Å². The van der Waals surface area contributed by atoms with Gasteiger partial charge in [0.1, 0.15) is 97.8 Å². The lowest BCUT2D eigenvalue weighted by atomic mass is 9.83. The number of likely N-dealkylation sites (N-methyl/N-ethyl adjacent to an activating group) is 3. The molecule has 21 atom stereocenters. The van der Waals surface area contributed by atoms with Crippen LogP contribution in [0.1, 0.15) is 286 Å². The number of ether oxygens (including phenoxy) is 3. The average molecular weight is 2110 g/mol. The molecule has 5 fully saturated rings. The molecule has 0 aromatic heterocycles. The van der Waals surface area contributed by atoms with Gasteiger partial charge in [0.05, 0.1) is 49.3 Å². The number of esters is 2. The molecule has 0 spiro atoms. The SMILES string of the molecule is CCCCCC[C@H]1OC(=O)CNC(=O)[C@H]([C@H](C)O)NC(=O)[C@H](CN)NC(=O)[C@H](C2CCCCC2)NC(=O)[C@H](CC)N(C)C(=O)[C@@H]1C.CCCCCC[C@H]1OCCNC(=O)[C@H](CO)NC(=O)[C@H](CN)NC(=O)[C@H]([C@H](C)CC)NC(=O)[C@H](CC(C)C)N(C)C(=O)[C@@H]1Cc1ccc(C)cc1.CCCC[C@H]1OC(=O)CNC(=O)[C@H]([C@H](C)O)NC(=O)[C@H](CN)NC(=O)[C@H](C2CCCCC2)NC(=O)[C@H](CC(C)C)N(C)C(=O)[C@@H]1Cc1ccc(C)cc1. The van der Waals surface area contributed by atoms with Gasteiger partial charge >= 0.3 is 11.9 Å². The second kappa shape index (κ2) is 67.5. The fourth-order valence-electron chi connectivity index (χ4n) is 19.6. The molecular formula is C109H182N18O23. The van der Waals surface area contributed by atoms with Crippen molar-refractivity contribution >= 4 is 101 Å². The number of benzene rings is 2. The third-order valence-corrected chi connectivity index (χ3v) is 29.1. The number of cyclic esters (lactones) is 2. The van der Waals surface area contributed by atoms with Crippen LogP contribution in [0.15, 0.2) is 48.5 Å². The summed E-state index contributed by atoms with van der Waals surface area (Å²) in [6, 6.07) is 1.80. The van der Waals surface area contributed by atoms with Gasteiger partial charge in [-0.2, -0.15) is 0 Å². The van der Waals surface area contributed by atoms with Crippen LogP contribution in [-0.4, -0.2) is 307 Å². The van der Waals surface area contributed by atoms with E-state index in [0.29, 0.717) is 83.5 Å². The van der Waals surface area contributed by atoms with Gasteiger partial charge in [0.2, 0.25) is 88.6 Å². The molecule has 3 saturated heterocycles. The Morgan fingerprint density at radius 2 is 0.753 bits per heavy atom. The number of aliphatic hydroxyl groups is 3. The van der Waals surface area contributed by atoms with Crippen LogP contribution in [-0.2, 0) is 109 Å². The van der Waals surface area contributed by atoms with E-state index in [2.05, 4.69) is 77.6 Å². The first-order valence-electron chi connectivity index (χ1n) is 54.8. The van der Waals surface area contributed by atoms with Crippen LogP contribution in [0, 0.1) is 61.2 Å². The molecule has 150 heavy (non-hydrogen) atoms. The zero-order chi connectivity index (χ0) is 112. The van der Waals surface area contributed by atoms with Crippen LogP contribution in [0.2, 0.25) is 0 Å². The van der Waals surface area contributed by atoms with E-state index in [1.54, 1.807) is 27.9 Å². The Kier molecular flexibility index (Phi) is 58.4. The number of rotatable bonds is 32. The van der Waals surface area contributed by atoms with Gasteiger partial charge in [0.25, 0.3) is 0 Å². The highest BCUT2D eigenvalue weighted by atomic mass is 16.6. The summed E-state index contributed by atoms with van der Waals surface area (Å²) in [7, 11) is 4.72. The summed E-state index contributed by atoms with van der Waals surface area (Å²) >= 11 is 0. The first-order valence-corrected chi connectivity index (χ1v) is 54.8. The Morgan fingerprint density at radius 3 is 1.15 bits per heavy atom. The fraction of sp³-hybridized carbons (Fsp3) is 0.734. The Hall–Kier alpha value is -10.9. The van der Waals surface area contributed by atoms with Crippen LogP contribution in [0.25, 0.3) is 0 Å². The van der Waals surface area contributed by atoms with Crippen LogP contribution < -0.4 is 81.0 Å². The van der Waals surface area contributed by atoms with E-state index < -0.39 is 235 Å². The van der Waals surface area contributed by atoms with Gasteiger partial charge in [-0.25, -0.2) is 0 Å². The van der Waals surface area contributed by atoms with E-state index in [1.165, 1.54) is 35.6 Å². The van der Waals surface area contributed by atoms with Crippen molar-refractivity contribution in [2.24, 2.45) is 64.5 Å². The van der Waals surface area contributed by atoms with E-state index in [-0.39, 0.29) is 81.1 Å². The number of nitrogens with zero attached hydrogens (tertiary/aromatic N) is 3. The molecule has 7 rings (SSSR count). The smallest absolute Gasteiger partial charge is 0.325 e. The molecule has 0 unspecified atom stereocenters. The molecule has 0 bridgehead atoms. The van der Waals surface area contributed by atoms with E-state index in [0.717, 1.165) is 112 Å². The molecule has 2 aromatic carbocycles. The summed E-state index contributed by atoms with van der Waals surface area (Å²) in [4.78, 5) is 236. The Labute approximate surface area is 887 Å². The molecule has 2 saturated carbocycles. The number of amides is 15. The van der Waals surface area contributed by atoms with E-state index in [1.807, 2.05) is 111 Å². The summed E-state index contributed by atoms with van der Waals surface area (Å²) in [5.74, 6) is -13.8. The number of unbranched alkanes of at least 4 members (excludes halogenated alkanes) is 7. The summed E-state index contributed by atoms with van der Waals surface area (Å²) in [5, 5.41) is 62.2. The van der Waals surface area contributed by atoms with Crippen molar-refractivity contribution in [3.05, 3.63) is 70.8 Å². The number of carbonyl (C=O) groups is 17. The maximum atomic E-state index is 14.7. The molecule has 846 valence electrons. The predicted molar refractivity (Wildman–Crippen MR) is 568 cm³/mol. The molecule has 2 aromatic rings. The molecule has 41 nitrogen and oxygen atoms in total. The number of hydrogen-bond acceptors (Lipinski definition) is 26. The topological polar surface area (TPSA) is 611 Å². The molecule has 5 aliphatic rings. The lowest BCUT2D eigenvalue weighted by Crippen LogP contribution is -2.62. The van der Waals surface area contributed by atoms with Crippen molar-refractivity contribution in [3.8, 4) is 0 Å². The molecule has 0 radical (unpaired) electrons. The van der Waals surface area contributed by atoms with Gasteiger partial charge in [-0.1, -0.05) is 239 Å². The largest absolute Gasteiger partial charge is 0.460 e. The molecule has 15 amide bonds. The van der Waals surface area contributed by atoms with Crippen LogP contribution in [0.4, 0.5) is 0 Å². The average Bonchev–Trinajstić information content (AvgIpc) is 0.994. The van der Waals surface area contributed by atoms with Crippen LogP contribution in [0.5, 0.6) is 0 Å². The van der Waals surface area contributed by atoms with Crippen molar-refractivity contribution in [1.29, 1.82) is 0 Å². The Morgan fingerprint density at radius 1 is 0.387 bits per heavy atom. The number of hydrogen-bond donors (Lipinski definition) is 18. The lowest BCUT2D eigenvalue weighted by Gasteiger charge is -2.36. The second-order valence-corrected chi connectivity index (χ2v) is 42.2. The monoisotopic (exact) mass is 2110 g/mol. The van der Waals surface area contributed by atoms with Crippen molar-refractivity contribution in [2.45, 2.75) is 393 Å². The number of nitrogens with one attached hydrogen (secondary N) is 12. The zero-order valence-electron chi connectivity index (χ0n) is 92.3. The van der Waals surface area contributed by atoms with Crippen molar-refractivity contribution in [3.63, 3.8) is 0 Å². The maximum absolute atomic E-state index is 14.7. The summed E-state index contributed by atoms with van der Waals surface area (Å²) < 4.78 is 18.1. The van der Waals surface area contributed by atoms with Crippen molar-refractivity contribution in [1.82, 2.24) is 78.5 Å². The van der Waals surface area contributed by atoms with E-state index in [9.17, 15) is 96.8 Å². The quantitative estimate of drug-likeness (QED) is 0.0365. The summed E-state index contributed by atoms with van der Waals surface area (Å²) in [6.45, 7) is 25.0. The van der Waals surface area contributed by atoms with Crippen LogP contribution >= 0.6 is 0 Å². The highest BCUT2D eigenvalue weighted by Gasteiger charge is 2.46. The van der Waals surface area contributed by atoms with Gasteiger partial charge in [0.15, 0.2) is 0 Å². The zero-order valence-corrected chi connectivity index (χ0v) is 92.3. The number of carbonyl (C=O) groups excluding carboxylic acids is 17. The first kappa shape index (κ1) is 130. The maximum Gasteiger partial charge on any atom is 0.325 e. The molecule has 2 aliphatic carbocycles. The predicted octanol–water partition coefficient (Wildman–Crippen LogP) is 3.84. The van der Waals surface area contributed by atoms with E-state index >= 15 is 0 Å². The normalized spacial score (nSPS) is 27.3. The number of aryl methyl sites for hydroxylation is 2. The minimum absolute atomic E-state index is 0.00961. The molecule has 3 aliphatic heterocycles. The summed E-state index contributed by atoms with van der Waals surface area (Å²) in [6.07, 6.45) is 15.4. The number of aliphatic hydroxyl groups excluding tert-OH is 3. The van der Waals surface area contributed by atoms with Gasteiger partial charge < -0.3 is 125 Å². The van der Waals surface area contributed by atoms with E-state index in [4.69, 9.17) is 31.4 Å². The van der Waals surface area contributed by atoms with Gasteiger partial charge in [0, 0.05) is 47.3 Å². The minimum Gasteiger partial charge on any atom is -0.460 e. The van der Waals surface area contributed by atoms with Gasteiger partial charge in [-0.15, -0.1) is 0 Å². The Bertz CT molecular complexity index is 4590. The lowest BCUT2D eigenvalue weighted by molar-refractivity contribution is -0.159. The highest BCUT2D eigenvalue weighted by molar-refractivity contribution is 6.00. The van der Waals surface area contributed by atoms with Crippen LogP contribution in [0.3, 0.4) is 0 Å². The minimum atomic E-state index is -1.49. The fourth-order valence-corrected chi connectivity index (χ4v) is 19.6.